The first-order chi connectivity index (χ1) is 8.40. The number of hydrogen-bond donors (Lipinski definition) is 1. The SMILES string of the molecule is CCNCc1cc(CN(C)CCC(F)(F)F)on1. The molecular weight excluding hydrogens is 247 g/mol. The molecule has 4 nitrogen and oxygen atoms in total. The van der Waals surface area contributed by atoms with Crippen LogP contribution in [-0.4, -0.2) is 36.4 Å². The molecule has 0 bridgehead atoms. The topological polar surface area (TPSA) is 41.3 Å². The number of aromatic nitrogens is 1. The predicted octanol–water partition coefficient (Wildman–Crippen LogP) is 2.17. The maximum absolute atomic E-state index is 12.0. The van der Waals surface area contributed by atoms with Gasteiger partial charge in [-0.25, -0.2) is 0 Å². The molecule has 0 radical (unpaired) electrons. The first-order valence-corrected chi connectivity index (χ1v) is 5.81. The van der Waals surface area contributed by atoms with E-state index in [0.717, 1.165) is 12.2 Å². The van der Waals surface area contributed by atoms with Crippen LogP contribution in [0.4, 0.5) is 13.2 Å². The van der Waals surface area contributed by atoms with Crippen molar-refractivity contribution in [3.05, 3.63) is 17.5 Å². The molecular formula is C11H18F3N3O. The number of halogens is 3. The van der Waals surface area contributed by atoms with Crippen molar-refractivity contribution in [1.82, 2.24) is 15.4 Å². The lowest BCUT2D eigenvalue weighted by Crippen LogP contribution is -2.23. The summed E-state index contributed by atoms with van der Waals surface area (Å²) in [6.07, 6.45) is -4.94. The molecule has 1 rings (SSSR count). The fourth-order valence-electron chi connectivity index (χ4n) is 1.43. The van der Waals surface area contributed by atoms with Crippen molar-refractivity contribution in [3.63, 3.8) is 0 Å². The van der Waals surface area contributed by atoms with Crippen LogP contribution < -0.4 is 5.32 Å². The third kappa shape index (κ3) is 6.02. The number of nitrogens with one attached hydrogen (secondary N) is 1. The number of hydrogen-bond acceptors (Lipinski definition) is 4. The van der Waals surface area contributed by atoms with Crippen LogP contribution in [0, 0.1) is 0 Å². The smallest absolute Gasteiger partial charge is 0.360 e. The number of rotatable bonds is 7. The molecule has 1 aromatic heterocycles. The summed E-state index contributed by atoms with van der Waals surface area (Å²) < 4.78 is 41.1. The van der Waals surface area contributed by atoms with Crippen molar-refractivity contribution in [3.8, 4) is 0 Å². The van der Waals surface area contributed by atoms with Crippen molar-refractivity contribution in [2.24, 2.45) is 0 Å². The van der Waals surface area contributed by atoms with Gasteiger partial charge < -0.3 is 9.84 Å². The highest BCUT2D eigenvalue weighted by Gasteiger charge is 2.27. The van der Waals surface area contributed by atoms with Gasteiger partial charge in [-0.3, -0.25) is 4.90 Å². The first-order valence-electron chi connectivity index (χ1n) is 5.81. The van der Waals surface area contributed by atoms with E-state index in [4.69, 9.17) is 4.52 Å². The molecule has 1 N–H and O–H groups in total. The Hall–Kier alpha value is -1.08. The lowest BCUT2D eigenvalue weighted by atomic mass is 10.3. The summed E-state index contributed by atoms with van der Waals surface area (Å²) in [4.78, 5) is 1.56. The molecule has 0 saturated heterocycles. The fraction of sp³-hybridized carbons (Fsp3) is 0.727. The van der Waals surface area contributed by atoms with Crippen LogP contribution in [0.25, 0.3) is 0 Å². The van der Waals surface area contributed by atoms with Gasteiger partial charge in [-0.1, -0.05) is 12.1 Å². The van der Waals surface area contributed by atoms with Crippen LogP contribution >= 0.6 is 0 Å². The van der Waals surface area contributed by atoms with Crippen LogP contribution in [0.3, 0.4) is 0 Å². The average Bonchev–Trinajstić information content (AvgIpc) is 2.70. The Labute approximate surface area is 104 Å². The van der Waals surface area contributed by atoms with Crippen LogP contribution in [0.1, 0.15) is 24.8 Å². The monoisotopic (exact) mass is 265 g/mol. The molecule has 0 spiro atoms. The molecule has 0 fully saturated rings. The third-order valence-electron chi connectivity index (χ3n) is 2.37. The highest BCUT2D eigenvalue weighted by Crippen LogP contribution is 2.19. The maximum atomic E-state index is 12.0. The van der Waals surface area contributed by atoms with Gasteiger partial charge in [0.2, 0.25) is 0 Å². The van der Waals surface area contributed by atoms with E-state index in [9.17, 15) is 13.2 Å². The lowest BCUT2D eigenvalue weighted by Gasteiger charge is -2.15. The minimum atomic E-state index is -4.12. The minimum Gasteiger partial charge on any atom is -0.360 e. The van der Waals surface area contributed by atoms with E-state index in [1.165, 1.54) is 0 Å². The van der Waals surface area contributed by atoms with Gasteiger partial charge in [0.25, 0.3) is 0 Å². The highest BCUT2D eigenvalue weighted by molar-refractivity contribution is 5.04. The van der Waals surface area contributed by atoms with Crippen LogP contribution in [0.2, 0.25) is 0 Å². The Bertz CT molecular complexity index is 352. The Morgan fingerprint density at radius 2 is 2.17 bits per heavy atom. The minimum absolute atomic E-state index is 0.0489. The van der Waals surface area contributed by atoms with Gasteiger partial charge in [0.15, 0.2) is 5.76 Å². The van der Waals surface area contributed by atoms with Gasteiger partial charge in [-0.2, -0.15) is 13.2 Å². The lowest BCUT2D eigenvalue weighted by molar-refractivity contribution is -0.137. The second kappa shape index (κ2) is 6.75. The van der Waals surface area contributed by atoms with Crippen LogP contribution in [0.5, 0.6) is 0 Å². The first kappa shape index (κ1) is 15.0. The molecule has 0 amide bonds. The molecule has 104 valence electrons. The number of nitrogens with zero attached hydrogens (tertiary/aromatic N) is 2. The molecule has 1 aromatic rings. The third-order valence-corrected chi connectivity index (χ3v) is 2.37. The molecule has 0 unspecified atom stereocenters. The summed E-state index contributed by atoms with van der Waals surface area (Å²) in [5, 5.41) is 6.92. The van der Waals surface area contributed by atoms with Gasteiger partial charge in [0.1, 0.15) is 0 Å². The van der Waals surface area contributed by atoms with Crippen molar-refractivity contribution in [2.75, 3.05) is 20.1 Å². The van der Waals surface area contributed by atoms with Gasteiger partial charge in [-0.05, 0) is 13.6 Å². The second-order valence-electron chi connectivity index (χ2n) is 4.17. The average molecular weight is 265 g/mol. The molecule has 0 aromatic carbocycles. The molecule has 7 heteroatoms. The highest BCUT2D eigenvalue weighted by atomic mass is 19.4. The Morgan fingerprint density at radius 1 is 1.44 bits per heavy atom. The van der Waals surface area contributed by atoms with E-state index in [1.54, 1.807) is 18.0 Å². The summed E-state index contributed by atoms with van der Waals surface area (Å²) >= 11 is 0. The standard InChI is InChI=1S/C11H18F3N3O/c1-3-15-7-9-6-10(18-16-9)8-17(2)5-4-11(12,13)14/h6,15H,3-5,7-8H2,1-2H3. The summed E-state index contributed by atoms with van der Waals surface area (Å²) in [5.74, 6) is 0.576. The van der Waals surface area contributed by atoms with E-state index < -0.39 is 12.6 Å². The zero-order valence-corrected chi connectivity index (χ0v) is 10.5. The van der Waals surface area contributed by atoms with Gasteiger partial charge in [-0.15, -0.1) is 0 Å². The molecule has 0 aliphatic heterocycles. The quantitative estimate of drug-likeness (QED) is 0.820. The van der Waals surface area contributed by atoms with Gasteiger partial charge in [0, 0.05) is 19.2 Å². The predicted molar refractivity (Wildman–Crippen MR) is 60.9 cm³/mol. The van der Waals surface area contributed by atoms with Crippen molar-refractivity contribution >= 4 is 0 Å². The van der Waals surface area contributed by atoms with E-state index in [-0.39, 0.29) is 6.54 Å². The zero-order chi connectivity index (χ0) is 13.6. The van der Waals surface area contributed by atoms with Crippen molar-refractivity contribution in [1.29, 1.82) is 0 Å². The summed E-state index contributed by atoms with van der Waals surface area (Å²) in [7, 11) is 1.62. The summed E-state index contributed by atoms with van der Waals surface area (Å²) in [6.45, 7) is 3.69. The zero-order valence-electron chi connectivity index (χ0n) is 10.5. The Morgan fingerprint density at radius 3 is 2.78 bits per heavy atom. The fourth-order valence-corrected chi connectivity index (χ4v) is 1.43. The van der Waals surface area contributed by atoms with E-state index in [2.05, 4.69) is 10.5 Å². The Kier molecular flexibility index (Phi) is 5.61. The number of alkyl halides is 3. The summed E-state index contributed by atoms with van der Waals surface area (Å²) in [5.41, 5.74) is 0.760. The van der Waals surface area contributed by atoms with E-state index >= 15 is 0 Å². The van der Waals surface area contributed by atoms with Crippen LogP contribution in [0.15, 0.2) is 10.6 Å². The molecule has 0 atom stereocenters. The maximum Gasteiger partial charge on any atom is 0.390 e. The van der Waals surface area contributed by atoms with Crippen LogP contribution in [-0.2, 0) is 13.1 Å². The largest absolute Gasteiger partial charge is 0.390 e. The van der Waals surface area contributed by atoms with Gasteiger partial charge >= 0.3 is 6.18 Å². The molecule has 0 saturated carbocycles. The Balaban J connectivity index is 2.35. The van der Waals surface area contributed by atoms with E-state index in [0.29, 0.717) is 18.8 Å². The molecule has 0 aliphatic rings. The van der Waals surface area contributed by atoms with Crippen molar-refractivity contribution < 1.29 is 17.7 Å². The van der Waals surface area contributed by atoms with Crippen molar-refractivity contribution in [2.45, 2.75) is 32.6 Å². The summed E-state index contributed by atoms with van der Waals surface area (Å²) in [6, 6.07) is 1.76. The molecule has 1 heterocycles. The van der Waals surface area contributed by atoms with Gasteiger partial charge in [0.05, 0.1) is 18.7 Å². The molecule has 0 aliphatic carbocycles. The van der Waals surface area contributed by atoms with E-state index in [1.807, 2.05) is 6.92 Å². The normalized spacial score (nSPS) is 12.3. The molecule has 18 heavy (non-hydrogen) atoms. The second-order valence-corrected chi connectivity index (χ2v) is 4.17.